The van der Waals surface area contributed by atoms with Gasteiger partial charge in [-0.2, -0.15) is 0 Å². The van der Waals surface area contributed by atoms with Crippen molar-refractivity contribution in [3.05, 3.63) is 6.42 Å². The minimum atomic E-state index is 0.991. The molecule has 2 atom stereocenters. The fourth-order valence-corrected chi connectivity index (χ4v) is 1.15. The molecule has 1 radical (unpaired) electrons. The molecule has 1 rings (SSSR count). The van der Waals surface area contributed by atoms with Crippen molar-refractivity contribution >= 4 is 0 Å². The van der Waals surface area contributed by atoms with E-state index in [2.05, 4.69) is 20.3 Å². The van der Waals surface area contributed by atoms with Crippen molar-refractivity contribution in [2.75, 3.05) is 0 Å². The monoisotopic (exact) mass is 97.1 g/mol. The molecule has 2 unspecified atom stereocenters. The molecule has 1 saturated carbocycles. The molecule has 0 bridgehead atoms. The summed E-state index contributed by atoms with van der Waals surface area (Å²) in [6, 6.07) is 0. The summed E-state index contributed by atoms with van der Waals surface area (Å²) in [5.41, 5.74) is 0. The molecule has 0 heterocycles. The van der Waals surface area contributed by atoms with Crippen molar-refractivity contribution in [2.45, 2.75) is 26.7 Å². The Morgan fingerprint density at radius 1 is 1.71 bits per heavy atom. The Labute approximate surface area is 45.9 Å². The SMILES string of the molecule is C[CH]C1CC1CC. The highest BCUT2D eigenvalue weighted by Gasteiger charge is 2.32. The smallest absolute Gasteiger partial charge is 0.0355 e. The third-order valence-corrected chi connectivity index (χ3v) is 1.93. The van der Waals surface area contributed by atoms with Gasteiger partial charge in [0.1, 0.15) is 0 Å². The molecule has 1 aliphatic rings. The standard InChI is InChI=1S/C7H13/c1-3-6-5-7(6)4-2/h3,6-7H,4-5H2,1-2H3. The van der Waals surface area contributed by atoms with Crippen molar-refractivity contribution in [2.24, 2.45) is 11.8 Å². The van der Waals surface area contributed by atoms with Gasteiger partial charge in [0.25, 0.3) is 0 Å². The van der Waals surface area contributed by atoms with E-state index in [1.54, 1.807) is 0 Å². The summed E-state index contributed by atoms with van der Waals surface area (Å²) in [5, 5.41) is 0. The minimum absolute atomic E-state index is 0.991. The van der Waals surface area contributed by atoms with E-state index in [0.29, 0.717) is 0 Å². The van der Waals surface area contributed by atoms with Crippen LogP contribution < -0.4 is 0 Å². The van der Waals surface area contributed by atoms with Gasteiger partial charge in [-0.1, -0.05) is 20.3 Å². The summed E-state index contributed by atoms with van der Waals surface area (Å²) in [5.74, 6) is 2.05. The van der Waals surface area contributed by atoms with Crippen molar-refractivity contribution in [1.29, 1.82) is 0 Å². The maximum atomic E-state index is 2.33. The van der Waals surface area contributed by atoms with Gasteiger partial charge in [-0.15, -0.1) is 0 Å². The van der Waals surface area contributed by atoms with Crippen LogP contribution in [0.15, 0.2) is 0 Å². The third-order valence-electron chi connectivity index (χ3n) is 1.93. The van der Waals surface area contributed by atoms with Crippen LogP contribution in [0.2, 0.25) is 0 Å². The van der Waals surface area contributed by atoms with Gasteiger partial charge in [0.15, 0.2) is 0 Å². The van der Waals surface area contributed by atoms with Crippen LogP contribution in [-0.4, -0.2) is 0 Å². The molecule has 0 aromatic carbocycles. The zero-order valence-corrected chi connectivity index (χ0v) is 5.15. The van der Waals surface area contributed by atoms with Gasteiger partial charge in [-0.25, -0.2) is 0 Å². The molecule has 0 aromatic heterocycles. The van der Waals surface area contributed by atoms with Crippen molar-refractivity contribution in [3.8, 4) is 0 Å². The fourth-order valence-electron chi connectivity index (χ4n) is 1.15. The highest BCUT2D eigenvalue weighted by atomic mass is 14.4. The highest BCUT2D eigenvalue weighted by molar-refractivity contribution is 4.92. The molecule has 41 valence electrons. The van der Waals surface area contributed by atoms with Crippen molar-refractivity contribution in [1.82, 2.24) is 0 Å². The summed E-state index contributed by atoms with van der Waals surface area (Å²) in [4.78, 5) is 0. The fraction of sp³-hybridized carbons (Fsp3) is 0.857. The Kier molecular flexibility index (Phi) is 1.36. The summed E-state index contributed by atoms with van der Waals surface area (Å²) in [6.45, 7) is 4.44. The predicted molar refractivity (Wildman–Crippen MR) is 31.9 cm³/mol. The molecular weight excluding hydrogens is 84.1 g/mol. The first-order valence-corrected chi connectivity index (χ1v) is 3.18. The Balaban J connectivity index is 2.06. The molecule has 0 nitrogen and oxygen atoms in total. The van der Waals surface area contributed by atoms with Crippen LogP contribution >= 0.6 is 0 Å². The van der Waals surface area contributed by atoms with E-state index in [-0.39, 0.29) is 0 Å². The van der Waals surface area contributed by atoms with Gasteiger partial charge in [-0.05, 0) is 24.7 Å². The summed E-state index contributed by atoms with van der Waals surface area (Å²) >= 11 is 0. The van der Waals surface area contributed by atoms with Crippen LogP contribution in [0.25, 0.3) is 0 Å². The molecule has 0 aliphatic heterocycles. The summed E-state index contributed by atoms with van der Waals surface area (Å²) in [6.07, 6.45) is 5.18. The molecule has 0 amide bonds. The van der Waals surface area contributed by atoms with E-state index in [9.17, 15) is 0 Å². The largest absolute Gasteiger partial charge is 0.0651 e. The summed E-state index contributed by atoms with van der Waals surface area (Å²) < 4.78 is 0. The van der Waals surface area contributed by atoms with Crippen LogP contribution in [0, 0.1) is 18.3 Å². The second-order valence-electron chi connectivity index (χ2n) is 2.40. The van der Waals surface area contributed by atoms with Crippen LogP contribution in [-0.2, 0) is 0 Å². The van der Waals surface area contributed by atoms with Crippen LogP contribution in [0.1, 0.15) is 26.7 Å². The molecule has 0 heteroatoms. The Morgan fingerprint density at radius 3 is 2.57 bits per heavy atom. The lowest BCUT2D eigenvalue weighted by Gasteiger charge is -1.84. The first-order chi connectivity index (χ1) is 3.38. The normalized spacial score (nSPS) is 38.6. The van der Waals surface area contributed by atoms with E-state index in [1.165, 1.54) is 12.8 Å². The lowest BCUT2D eigenvalue weighted by atomic mass is 10.2. The minimum Gasteiger partial charge on any atom is -0.0651 e. The average molecular weight is 97.2 g/mol. The molecule has 7 heavy (non-hydrogen) atoms. The van der Waals surface area contributed by atoms with Gasteiger partial charge < -0.3 is 0 Å². The first-order valence-electron chi connectivity index (χ1n) is 3.18. The van der Waals surface area contributed by atoms with E-state index in [1.807, 2.05) is 0 Å². The topological polar surface area (TPSA) is 0 Å². The Hall–Kier alpha value is 0. The van der Waals surface area contributed by atoms with E-state index >= 15 is 0 Å². The van der Waals surface area contributed by atoms with E-state index < -0.39 is 0 Å². The molecule has 1 aliphatic carbocycles. The molecule has 0 aromatic rings. The van der Waals surface area contributed by atoms with Gasteiger partial charge in [-0.3, -0.25) is 0 Å². The van der Waals surface area contributed by atoms with Crippen molar-refractivity contribution in [3.63, 3.8) is 0 Å². The van der Waals surface area contributed by atoms with Crippen LogP contribution in [0.5, 0.6) is 0 Å². The second-order valence-corrected chi connectivity index (χ2v) is 2.40. The maximum Gasteiger partial charge on any atom is -0.0355 e. The number of hydrogen-bond donors (Lipinski definition) is 0. The van der Waals surface area contributed by atoms with Gasteiger partial charge in [0.05, 0.1) is 0 Å². The first kappa shape index (κ1) is 5.14. The second kappa shape index (κ2) is 1.85. The predicted octanol–water partition coefficient (Wildman–Crippen LogP) is 2.26. The van der Waals surface area contributed by atoms with Crippen LogP contribution in [0.4, 0.5) is 0 Å². The molecule has 0 N–H and O–H groups in total. The lowest BCUT2D eigenvalue weighted by Crippen LogP contribution is -1.75. The molecular formula is C7H13. The maximum absolute atomic E-state index is 2.33. The zero-order chi connectivity index (χ0) is 5.28. The quantitative estimate of drug-likeness (QED) is 0.495. The highest BCUT2D eigenvalue weighted by Crippen LogP contribution is 2.42. The molecule has 0 spiro atoms. The van der Waals surface area contributed by atoms with Gasteiger partial charge >= 0.3 is 0 Å². The summed E-state index contributed by atoms with van der Waals surface area (Å²) in [7, 11) is 0. The molecule has 1 fully saturated rings. The van der Waals surface area contributed by atoms with E-state index in [4.69, 9.17) is 0 Å². The Bertz CT molecular complexity index is 49.1. The van der Waals surface area contributed by atoms with Crippen molar-refractivity contribution < 1.29 is 0 Å². The van der Waals surface area contributed by atoms with E-state index in [0.717, 1.165) is 11.8 Å². The number of rotatable bonds is 2. The molecule has 0 saturated heterocycles. The van der Waals surface area contributed by atoms with Crippen LogP contribution in [0.3, 0.4) is 0 Å². The number of hydrogen-bond acceptors (Lipinski definition) is 0. The zero-order valence-electron chi connectivity index (χ0n) is 5.15. The lowest BCUT2D eigenvalue weighted by molar-refractivity contribution is 0.734. The average Bonchev–Trinajstić information content (AvgIpc) is 2.43. The van der Waals surface area contributed by atoms with Gasteiger partial charge in [0.2, 0.25) is 0 Å². The Morgan fingerprint density at radius 2 is 2.43 bits per heavy atom. The van der Waals surface area contributed by atoms with Gasteiger partial charge in [0, 0.05) is 0 Å². The third kappa shape index (κ3) is 0.960.